The number of ether oxygens (including phenoxy) is 2. The summed E-state index contributed by atoms with van der Waals surface area (Å²) in [4.78, 5) is 36.1. The molecule has 0 heterocycles. The van der Waals surface area contributed by atoms with E-state index >= 15 is 0 Å². The third-order valence-electron chi connectivity index (χ3n) is 4.08. The van der Waals surface area contributed by atoms with Crippen LogP contribution in [0.15, 0.2) is 54.6 Å². The first-order chi connectivity index (χ1) is 15.0. The summed E-state index contributed by atoms with van der Waals surface area (Å²) in [6.45, 7) is 0.819. The molecule has 0 aromatic heterocycles. The number of amides is 2. The van der Waals surface area contributed by atoms with Crippen LogP contribution < -0.4 is 16.0 Å². The number of thiocarbonyl (C=S) groups is 1. The van der Waals surface area contributed by atoms with Gasteiger partial charge in [-0.15, -0.1) is 0 Å². The first-order valence-corrected chi connectivity index (χ1v) is 10.1. The molecule has 0 saturated carbocycles. The van der Waals surface area contributed by atoms with Gasteiger partial charge in [0.05, 0.1) is 24.3 Å². The summed E-state index contributed by atoms with van der Waals surface area (Å²) in [5.41, 5.74) is 1.82. The molecule has 2 rings (SSSR count). The summed E-state index contributed by atoms with van der Waals surface area (Å²) in [6, 6.07) is 16.4. The van der Waals surface area contributed by atoms with Crippen molar-refractivity contribution in [2.45, 2.75) is 19.4 Å². The maximum atomic E-state index is 12.6. The SMILES string of the molecule is COCCOC(=O)CCC(=O)NC(=S)Nc1ccccc1C(=O)NCc1ccccc1. The Kier molecular flexibility index (Phi) is 10.1. The lowest BCUT2D eigenvalue weighted by Crippen LogP contribution is -2.35. The minimum Gasteiger partial charge on any atom is -0.463 e. The lowest BCUT2D eigenvalue weighted by molar-refractivity contribution is -0.146. The number of para-hydroxylation sites is 1. The zero-order valence-corrected chi connectivity index (χ0v) is 18.0. The van der Waals surface area contributed by atoms with Crippen LogP contribution in [-0.2, 0) is 25.6 Å². The molecule has 0 aliphatic rings. The van der Waals surface area contributed by atoms with Gasteiger partial charge < -0.3 is 25.4 Å². The molecule has 0 radical (unpaired) electrons. The predicted octanol–water partition coefficient (Wildman–Crippen LogP) is 2.40. The zero-order valence-electron chi connectivity index (χ0n) is 17.2. The van der Waals surface area contributed by atoms with Crippen molar-refractivity contribution in [2.24, 2.45) is 0 Å². The molecule has 31 heavy (non-hydrogen) atoms. The van der Waals surface area contributed by atoms with Crippen LogP contribution in [0, 0.1) is 0 Å². The first-order valence-electron chi connectivity index (χ1n) is 9.66. The number of nitrogens with one attached hydrogen (secondary N) is 3. The van der Waals surface area contributed by atoms with Crippen molar-refractivity contribution in [1.29, 1.82) is 0 Å². The van der Waals surface area contributed by atoms with E-state index in [1.807, 2.05) is 30.3 Å². The van der Waals surface area contributed by atoms with Gasteiger partial charge in [-0.05, 0) is 29.9 Å². The van der Waals surface area contributed by atoms with E-state index in [0.29, 0.717) is 24.4 Å². The molecule has 2 aromatic rings. The summed E-state index contributed by atoms with van der Waals surface area (Å²) >= 11 is 5.16. The van der Waals surface area contributed by atoms with Gasteiger partial charge in [-0.25, -0.2) is 0 Å². The molecule has 0 fully saturated rings. The Morgan fingerprint density at radius 3 is 2.39 bits per heavy atom. The van der Waals surface area contributed by atoms with E-state index in [1.165, 1.54) is 7.11 Å². The molecule has 0 atom stereocenters. The van der Waals surface area contributed by atoms with Crippen LogP contribution in [0.4, 0.5) is 5.69 Å². The second-order valence-corrected chi connectivity index (χ2v) is 6.84. The fraction of sp³-hybridized carbons (Fsp3) is 0.273. The van der Waals surface area contributed by atoms with Crippen molar-refractivity contribution in [1.82, 2.24) is 10.6 Å². The quantitative estimate of drug-likeness (QED) is 0.294. The molecule has 0 aliphatic heterocycles. The topological polar surface area (TPSA) is 106 Å². The Hall–Kier alpha value is -3.30. The average molecular weight is 444 g/mol. The van der Waals surface area contributed by atoms with Crippen LogP contribution in [0.25, 0.3) is 0 Å². The van der Waals surface area contributed by atoms with Gasteiger partial charge >= 0.3 is 5.97 Å². The van der Waals surface area contributed by atoms with Crippen molar-refractivity contribution in [3.05, 3.63) is 65.7 Å². The molecular formula is C22H25N3O5S. The molecule has 0 bridgehead atoms. The standard InChI is InChI=1S/C22H25N3O5S/c1-29-13-14-30-20(27)12-11-19(26)25-22(31)24-18-10-6-5-9-17(18)21(28)23-15-16-7-3-2-4-8-16/h2-10H,11-15H2,1H3,(H,23,28)(H2,24,25,26,31). The first kappa shape index (κ1) is 24.0. The smallest absolute Gasteiger partial charge is 0.306 e. The number of methoxy groups -OCH3 is 1. The van der Waals surface area contributed by atoms with E-state index in [1.54, 1.807) is 24.3 Å². The van der Waals surface area contributed by atoms with Crippen molar-refractivity contribution in [3.8, 4) is 0 Å². The fourth-order valence-corrected chi connectivity index (χ4v) is 2.76. The number of hydrogen-bond donors (Lipinski definition) is 3. The van der Waals surface area contributed by atoms with Gasteiger partial charge in [-0.1, -0.05) is 42.5 Å². The molecule has 9 heteroatoms. The van der Waals surface area contributed by atoms with Crippen molar-refractivity contribution in [2.75, 3.05) is 25.6 Å². The Bertz CT molecular complexity index is 905. The number of anilines is 1. The van der Waals surface area contributed by atoms with Crippen LogP contribution in [0.2, 0.25) is 0 Å². The van der Waals surface area contributed by atoms with Gasteiger partial charge in [0, 0.05) is 20.1 Å². The molecule has 2 aromatic carbocycles. The number of esters is 1. The van der Waals surface area contributed by atoms with Gasteiger partial charge in [0.25, 0.3) is 5.91 Å². The highest BCUT2D eigenvalue weighted by Crippen LogP contribution is 2.15. The summed E-state index contributed by atoms with van der Waals surface area (Å²) in [5, 5.41) is 8.23. The van der Waals surface area contributed by atoms with E-state index in [0.717, 1.165) is 5.56 Å². The third-order valence-corrected chi connectivity index (χ3v) is 4.28. The monoisotopic (exact) mass is 443 g/mol. The lowest BCUT2D eigenvalue weighted by atomic mass is 10.1. The van der Waals surface area contributed by atoms with Crippen molar-refractivity contribution in [3.63, 3.8) is 0 Å². The van der Waals surface area contributed by atoms with Gasteiger partial charge in [0.2, 0.25) is 5.91 Å². The van der Waals surface area contributed by atoms with Crippen molar-refractivity contribution >= 4 is 40.8 Å². The van der Waals surface area contributed by atoms with E-state index in [2.05, 4.69) is 16.0 Å². The highest BCUT2D eigenvalue weighted by Gasteiger charge is 2.14. The molecule has 0 spiro atoms. The minimum atomic E-state index is -0.494. The van der Waals surface area contributed by atoms with Gasteiger partial charge in [0.15, 0.2) is 5.11 Å². The Morgan fingerprint density at radius 2 is 1.65 bits per heavy atom. The number of hydrogen-bond acceptors (Lipinski definition) is 6. The van der Waals surface area contributed by atoms with Crippen molar-refractivity contribution < 1.29 is 23.9 Å². The molecule has 0 aliphatic carbocycles. The number of benzene rings is 2. The largest absolute Gasteiger partial charge is 0.463 e. The second kappa shape index (κ2) is 13.1. The molecular weight excluding hydrogens is 418 g/mol. The van der Waals surface area contributed by atoms with Crippen LogP contribution >= 0.6 is 12.2 Å². The number of rotatable bonds is 10. The number of carbonyl (C=O) groups excluding carboxylic acids is 3. The summed E-state index contributed by atoms with van der Waals surface area (Å²) in [7, 11) is 1.50. The van der Waals surface area contributed by atoms with Gasteiger partial charge in [-0.3, -0.25) is 14.4 Å². The molecule has 3 N–H and O–H groups in total. The highest BCUT2D eigenvalue weighted by atomic mass is 32.1. The summed E-state index contributed by atoms with van der Waals surface area (Å²) in [6.07, 6.45) is -0.149. The maximum absolute atomic E-state index is 12.6. The molecule has 0 saturated heterocycles. The second-order valence-electron chi connectivity index (χ2n) is 6.43. The van der Waals surface area contributed by atoms with E-state index in [9.17, 15) is 14.4 Å². The van der Waals surface area contributed by atoms with Gasteiger partial charge in [-0.2, -0.15) is 0 Å². The lowest BCUT2D eigenvalue weighted by Gasteiger charge is -2.13. The summed E-state index contributed by atoms with van der Waals surface area (Å²) in [5.74, 6) is -1.21. The van der Waals surface area contributed by atoms with E-state index in [-0.39, 0.29) is 30.5 Å². The maximum Gasteiger partial charge on any atom is 0.306 e. The van der Waals surface area contributed by atoms with Crippen LogP contribution in [0.5, 0.6) is 0 Å². The zero-order chi connectivity index (χ0) is 22.5. The van der Waals surface area contributed by atoms with Crippen LogP contribution in [0.1, 0.15) is 28.8 Å². The Balaban J connectivity index is 1.84. The number of carbonyl (C=O) groups is 3. The third kappa shape index (κ3) is 8.93. The molecule has 2 amide bonds. The van der Waals surface area contributed by atoms with E-state index in [4.69, 9.17) is 21.7 Å². The molecule has 0 unspecified atom stereocenters. The van der Waals surface area contributed by atoms with E-state index < -0.39 is 11.9 Å². The highest BCUT2D eigenvalue weighted by molar-refractivity contribution is 7.80. The molecule has 8 nitrogen and oxygen atoms in total. The predicted molar refractivity (Wildman–Crippen MR) is 120 cm³/mol. The Labute approximate surface area is 186 Å². The van der Waals surface area contributed by atoms with Crippen LogP contribution in [-0.4, -0.2) is 43.2 Å². The summed E-state index contributed by atoms with van der Waals surface area (Å²) < 4.78 is 9.67. The average Bonchev–Trinajstić information content (AvgIpc) is 2.77. The minimum absolute atomic E-state index is 0.0288. The normalized spacial score (nSPS) is 10.1. The Morgan fingerprint density at radius 1 is 0.935 bits per heavy atom. The van der Waals surface area contributed by atoms with Crippen LogP contribution in [0.3, 0.4) is 0 Å². The fourth-order valence-electron chi connectivity index (χ4n) is 2.53. The van der Waals surface area contributed by atoms with Gasteiger partial charge in [0.1, 0.15) is 6.61 Å². The molecule has 164 valence electrons.